The fraction of sp³-hybridized carbons (Fsp3) is 0.143. The van der Waals surface area contributed by atoms with E-state index in [0.29, 0.717) is 11.6 Å². The van der Waals surface area contributed by atoms with Crippen LogP contribution in [0.4, 0.5) is 4.39 Å². The number of rotatable bonds is 4. The molecule has 0 aromatic heterocycles. The van der Waals surface area contributed by atoms with Gasteiger partial charge < -0.3 is 4.74 Å². The number of alkyl halides is 1. The minimum atomic E-state index is -0.348. The molecule has 0 aliphatic carbocycles. The molecule has 0 saturated heterocycles. The molecule has 0 amide bonds. The van der Waals surface area contributed by atoms with Crippen molar-refractivity contribution >= 4 is 43.5 Å². The van der Waals surface area contributed by atoms with E-state index in [1.807, 2.05) is 18.2 Å². The molecule has 0 aliphatic heterocycles. The Labute approximate surface area is 133 Å². The predicted octanol–water partition coefficient (Wildman–Crippen LogP) is 5.72. The average molecular weight is 408 g/mol. The molecule has 1 nitrogen and oxygen atoms in total. The topological polar surface area (TPSA) is 9.23 Å². The molecule has 0 fully saturated rings. The highest BCUT2D eigenvalue weighted by molar-refractivity contribution is 9.10. The third-order valence-corrected chi connectivity index (χ3v) is 4.30. The zero-order valence-electron chi connectivity index (χ0n) is 9.80. The van der Waals surface area contributed by atoms with Gasteiger partial charge in [0.15, 0.2) is 0 Å². The second-order valence-corrected chi connectivity index (χ2v) is 5.73. The molecule has 0 bridgehead atoms. The minimum Gasteiger partial charge on any atom is -0.489 e. The fourth-order valence-electron chi connectivity index (χ4n) is 1.54. The molecule has 2 rings (SSSR count). The average Bonchev–Trinajstić information content (AvgIpc) is 2.39. The molecule has 19 heavy (non-hydrogen) atoms. The van der Waals surface area contributed by atoms with Gasteiger partial charge in [-0.05, 0) is 35.9 Å². The first-order valence-corrected chi connectivity index (χ1v) is 7.80. The zero-order valence-corrected chi connectivity index (χ0v) is 13.7. The summed E-state index contributed by atoms with van der Waals surface area (Å²) in [6, 6.07) is 10.0. The van der Waals surface area contributed by atoms with Crippen LogP contribution >= 0.6 is 43.5 Å². The van der Waals surface area contributed by atoms with Gasteiger partial charge in [0.2, 0.25) is 0 Å². The summed E-state index contributed by atoms with van der Waals surface area (Å²) in [5.41, 5.74) is 1.86. The van der Waals surface area contributed by atoms with Gasteiger partial charge in [0.05, 0.1) is 5.02 Å². The van der Waals surface area contributed by atoms with Crippen molar-refractivity contribution in [1.82, 2.24) is 0 Å². The van der Waals surface area contributed by atoms with Crippen molar-refractivity contribution in [2.75, 3.05) is 0 Å². The van der Waals surface area contributed by atoms with Crippen LogP contribution < -0.4 is 4.74 Å². The Morgan fingerprint density at radius 2 is 1.89 bits per heavy atom. The Kier molecular flexibility index (Phi) is 5.25. The van der Waals surface area contributed by atoms with Crippen LogP contribution in [0.15, 0.2) is 40.9 Å². The molecule has 0 atom stereocenters. The van der Waals surface area contributed by atoms with Crippen LogP contribution in [0.25, 0.3) is 0 Å². The normalized spacial score (nSPS) is 10.5. The van der Waals surface area contributed by atoms with E-state index in [1.165, 1.54) is 12.1 Å². The molecule has 0 saturated carbocycles. The third kappa shape index (κ3) is 3.94. The fourth-order valence-corrected chi connectivity index (χ4v) is 2.99. The van der Waals surface area contributed by atoms with Crippen LogP contribution in [0.1, 0.15) is 11.1 Å². The lowest BCUT2D eigenvalue weighted by Gasteiger charge is -2.09. The number of hydrogen-bond acceptors (Lipinski definition) is 1. The molecule has 0 aliphatic rings. The van der Waals surface area contributed by atoms with E-state index in [2.05, 4.69) is 31.9 Å². The lowest BCUT2D eigenvalue weighted by molar-refractivity contribution is 0.306. The first-order chi connectivity index (χ1) is 9.10. The van der Waals surface area contributed by atoms with Gasteiger partial charge in [0.1, 0.15) is 18.2 Å². The highest BCUT2D eigenvalue weighted by Gasteiger charge is 2.05. The standard InChI is InChI=1S/C14H10Br2ClFO/c15-7-10-5-12(3-4-13(10)16)19-8-9-1-2-11(18)6-14(9)17/h1-6H,7-8H2. The van der Waals surface area contributed by atoms with Gasteiger partial charge in [-0.3, -0.25) is 0 Å². The molecule has 0 N–H and O–H groups in total. The second-order valence-electron chi connectivity index (χ2n) is 3.91. The van der Waals surface area contributed by atoms with Crippen LogP contribution in [0, 0.1) is 5.82 Å². The highest BCUT2D eigenvalue weighted by Crippen LogP contribution is 2.26. The van der Waals surface area contributed by atoms with Crippen LogP contribution in [0.2, 0.25) is 5.02 Å². The smallest absolute Gasteiger partial charge is 0.124 e. The maximum atomic E-state index is 12.9. The minimum absolute atomic E-state index is 0.308. The van der Waals surface area contributed by atoms with Gasteiger partial charge >= 0.3 is 0 Å². The van der Waals surface area contributed by atoms with Crippen molar-refractivity contribution in [3.63, 3.8) is 0 Å². The maximum Gasteiger partial charge on any atom is 0.124 e. The molecular formula is C14H10Br2ClFO. The van der Waals surface area contributed by atoms with Gasteiger partial charge in [-0.15, -0.1) is 0 Å². The SMILES string of the molecule is Fc1ccc(COc2ccc(Br)c(CBr)c2)c(Cl)c1. The molecule has 100 valence electrons. The summed E-state index contributed by atoms with van der Waals surface area (Å²) in [4.78, 5) is 0. The van der Waals surface area contributed by atoms with E-state index in [9.17, 15) is 4.39 Å². The van der Waals surface area contributed by atoms with E-state index >= 15 is 0 Å². The lowest BCUT2D eigenvalue weighted by Crippen LogP contribution is -1.97. The Bertz CT molecular complexity index is 590. The van der Waals surface area contributed by atoms with E-state index in [4.69, 9.17) is 16.3 Å². The van der Waals surface area contributed by atoms with E-state index in [0.717, 1.165) is 26.7 Å². The van der Waals surface area contributed by atoms with Crippen molar-refractivity contribution in [1.29, 1.82) is 0 Å². The van der Waals surface area contributed by atoms with Crippen molar-refractivity contribution in [2.24, 2.45) is 0 Å². The highest BCUT2D eigenvalue weighted by atomic mass is 79.9. The van der Waals surface area contributed by atoms with Crippen LogP contribution in [-0.2, 0) is 11.9 Å². The van der Waals surface area contributed by atoms with E-state index in [1.54, 1.807) is 6.07 Å². The largest absolute Gasteiger partial charge is 0.489 e. The Hall–Kier alpha value is -0.580. The van der Waals surface area contributed by atoms with Gasteiger partial charge in [0.25, 0.3) is 0 Å². The van der Waals surface area contributed by atoms with Crippen LogP contribution in [-0.4, -0.2) is 0 Å². The number of benzene rings is 2. The monoisotopic (exact) mass is 406 g/mol. The van der Waals surface area contributed by atoms with Gasteiger partial charge in [-0.25, -0.2) is 4.39 Å². The third-order valence-electron chi connectivity index (χ3n) is 2.57. The quantitative estimate of drug-likeness (QED) is 0.589. The summed E-state index contributed by atoms with van der Waals surface area (Å²) in [7, 11) is 0. The molecular weight excluding hydrogens is 398 g/mol. The van der Waals surface area contributed by atoms with Crippen molar-refractivity contribution in [2.45, 2.75) is 11.9 Å². The van der Waals surface area contributed by atoms with Crippen molar-refractivity contribution in [3.05, 3.63) is 62.8 Å². The second kappa shape index (κ2) is 6.73. The van der Waals surface area contributed by atoms with E-state index < -0.39 is 0 Å². The Morgan fingerprint density at radius 3 is 2.58 bits per heavy atom. The van der Waals surface area contributed by atoms with Gasteiger partial charge in [-0.1, -0.05) is 49.5 Å². The Balaban J connectivity index is 2.10. The van der Waals surface area contributed by atoms with Gasteiger partial charge in [-0.2, -0.15) is 0 Å². The van der Waals surface area contributed by atoms with E-state index in [-0.39, 0.29) is 5.82 Å². The number of ether oxygens (including phenoxy) is 1. The summed E-state index contributed by atoms with van der Waals surface area (Å²) in [5.74, 6) is 0.400. The zero-order chi connectivity index (χ0) is 13.8. The summed E-state index contributed by atoms with van der Waals surface area (Å²) >= 11 is 12.8. The number of halogens is 4. The van der Waals surface area contributed by atoms with Gasteiger partial charge in [0, 0.05) is 15.4 Å². The Morgan fingerprint density at radius 1 is 1.11 bits per heavy atom. The molecule has 0 unspecified atom stereocenters. The summed E-state index contributed by atoms with van der Waals surface area (Å²) in [6.07, 6.45) is 0. The summed E-state index contributed by atoms with van der Waals surface area (Å²) in [5, 5.41) is 1.11. The first kappa shape index (κ1) is 14.8. The number of hydrogen-bond donors (Lipinski definition) is 0. The van der Waals surface area contributed by atoms with Crippen LogP contribution in [0.3, 0.4) is 0 Å². The predicted molar refractivity (Wildman–Crippen MR) is 82.5 cm³/mol. The molecule has 0 radical (unpaired) electrons. The molecule has 0 spiro atoms. The molecule has 2 aromatic carbocycles. The van der Waals surface area contributed by atoms with Crippen molar-refractivity contribution < 1.29 is 9.13 Å². The summed E-state index contributed by atoms with van der Waals surface area (Å²) < 4.78 is 19.6. The lowest BCUT2D eigenvalue weighted by atomic mass is 10.2. The molecule has 2 aromatic rings. The summed E-state index contributed by atoms with van der Waals surface area (Å²) in [6.45, 7) is 0.308. The van der Waals surface area contributed by atoms with Crippen molar-refractivity contribution in [3.8, 4) is 5.75 Å². The molecule has 5 heteroatoms. The van der Waals surface area contributed by atoms with Crippen LogP contribution in [0.5, 0.6) is 5.75 Å². The maximum absolute atomic E-state index is 12.9. The molecule has 0 heterocycles. The first-order valence-electron chi connectivity index (χ1n) is 5.51.